The number of unbranched alkanes of at least 4 members (excludes halogenated alkanes) is 1. The zero-order valence-corrected chi connectivity index (χ0v) is 21.3. The van der Waals surface area contributed by atoms with Gasteiger partial charge in [0.05, 0.1) is 32.1 Å². The van der Waals surface area contributed by atoms with Gasteiger partial charge in [0, 0.05) is 11.4 Å². The molecule has 3 rings (SSSR count). The van der Waals surface area contributed by atoms with Gasteiger partial charge in [0.25, 0.3) is 0 Å². The fraction of sp³-hybridized carbons (Fsp3) is 0.286. The molecule has 3 N–H and O–H groups in total. The lowest BCUT2D eigenvalue weighted by Crippen LogP contribution is -2.19. The van der Waals surface area contributed by atoms with Crippen LogP contribution in [-0.2, 0) is 16.1 Å². The van der Waals surface area contributed by atoms with Gasteiger partial charge in [-0.2, -0.15) is 0 Å². The highest BCUT2D eigenvalue weighted by atomic mass is 35.5. The summed E-state index contributed by atoms with van der Waals surface area (Å²) in [5.74, 6) is -2.50. The first-order valence-electron chi connectivity index (χ1n) is 9.85. The van der Waals surface area contributed by atoms with Crippen LogP contribution in [0.2, 0.25) is 10.0 Å². The third kappa shape index (κ3) is 5.93. The van der Waals surface area contributed by atoms with Crippen molar-refractivity contribution in [3.05, 3.63) is 48.2 Å². The number of hydrogen-bond donors (Lipinski definition) is 3. The molecule has 0 unspecified atom stereocenters. The third-order valence-electron chi connectivity index (χ3n) is 4.71. The summed E-state index contributed by atoms with van der Waals surface area (Å²) < 4.78 is 1.28. The van der Waals surface area contributed by atoms with Gasteiger partial charge in [-0.3, -0.25) is 14.2 Å². The summed E-state index contributed by atoms with van der Waals surface area (Å²) >= 11 is 20.2. The fourth-order valence-corrected chi connectivity index (χ4v) is 6.00. The van der Waals surface area contributed by atoms with Crippen LogP contribution in [0, 0.1) is 3.95 Å². The highest BCUT2D eigenvalue weighted by Gasteiger charge is 2.27. The van der Waals surface area contributed by atoms with Gasteiger partial charge in [-0.05, 0) is 42.4 Å². The van der Waals surface area contributed by atoms with Crippen molar-refractivity contribution in [2.24, 2.45) is 0 Å². The number of carboxylic acids is 2. The van der Waals surface area contributed by atoms with Crippen LogP contribution in [-0.4, -0.2) is 38.4 Å². The second kappa shape index (κ2) is 11.0. The molecule has 0 amide bonds. The van der Waals surface area contributed by atoms with Gasteiger partial charge in [0.1, 0.15) is 6.54 Å². The number of aliphatic carboxylic acids is 2. The van der Waals surface area contributed by atoms with E-state index in [2.05, 4.69) is 11.8 Å². The van der Waals surface area contributed by atoms with E-state index in [0.29, 0.717) is 27.0 Å². The summed E-state index contributed by atoms with van der Waals surface area (Å²) in [5, 5.41) is 30.7. The largest absolute Gasteiger partial charge is 0.493 e. The first kappa shape index (κ1) is 25.6. The van der Waals surface area contributed by atoms with Crippen LogP contribution in [0.4, 0.5) is 5.69 Å². The lowest BCUT2D eigenvalue weighted by atomic mass is 10.1. The molecule has 0 saturated heterocycles. The molecule has 12 heteroatoms. The third-order valence-corrected chi connectivity index (χ3v) is 8.01. The molecule has 2 aromatic rings. The maximum absolute atomic E-state index is 11.3. The Hall–Kier alpha value is -1.98. The topological polar surface area (TPSA) is 103 Å². The van der Waals surface area contributed by atoms with Gasteiger partial charge >= 0.3 is 11.9 Å². The quantitative estimate of drug-likeness (QED) is 0.306. The number of fused-ring (bicyclic) bond motifs is 1. The summed E-state index contributed by atoms with van der Waals surface area (Å²) in [6.45, 7) is 2.29. The number of benzene rings is 1. The van der Waals surface area contributed by atoms with E-state index in [-0.39, 0.29) is 16.3 Å². The molecule has 0 fully saturated rings. The van der Waals surface area contributed by atoms with Crippen LogP contribution in [0.25, 0.3) is 5.57 Å². The predicted octanol–water partition coefficient (Wildman–Crippen LogP) is 6.49. The minimum atomic E-state index is -1.15. The molecule has 1 aliphatic rings. The number of aromatic nitrogens is 1. The molecule has 33 heavy (non-hydrogen) atoms. The Morgan fingerprint density at radius 1 is 1.18 bits per heavy atom. The van der Waals surface area contributed by atoms with Crippen molar-refractivity contribution in [2.45, 2.75) is 37.6 Å². The van der Waals surface area contributed by atoms with Crippen molar-refractivity contribution < 1.29 is 24.9 Å². The zero-order chi connectivity index (χ0) is 24.3. The molecule has 0 aliphatic carbocycles. The van der Waals surface area contributed by atoms with Gasteiger partial charge in [0.15, 0.2) is 3.95 Å². The van der Waals surface area contributed by atoms with Crippen molar-refractivity contribution in [1.82, 2.24) is 4.57 Å². The molecular formula is C21H20Cl2N2O5S3. The molecule has 1 aromatic heterocycles. The number of hydrogen-bond acceptors (Lipinski definition) is 7. The van der Waals surface area contributed by atoms with E-state index in [1.165, 1.54) is 17.8 Å². The van der Waals surface area contributed by atoms with E-state index < -0.39 is 18.5 Å². The number of rotatable bonds is 9. The molecule has 7 nitrogen and oxygen atoms in total. The Labute approximate surface area is 213 Å². The average molecular weight is 548 g/mol. The van der Waals surface area contributed by atoms with Crippen molar-refractivity contribution in [1.29, 1.82) is 0 Å². The van der Waals surface area contributed by atoms with Crippen LogP contribution in [0.5, 0.6) is 5.88 Å². The number of nitrogens with zero attached hydrogens (tertiary/aromatic N) is 2. The van der Waals surface area contributed by atoms with Crippen molar-refractivity contribution in [3.8, 4) is 5.88 Å². The maximum atomic E-state index is 11.3. The Kier molecular flexibility index (Phi) is 8.52. The van der Waals surface area contributed by atoms with E-state index >= 15 is 0 Å². The Morgan fingerprint density at radius 3 is 2.52 bits per heavy atom. The second-order valence-corrected chi connectivity index (χ2v) is 10.6. The van der Waals surface area contributed by atoms with E-state index in [4.69, 9.17) is 40.5 Å². The van der Waals surface area contributed by atoms with E-state index in [1.807, 2.05) is 0 Å². The van der Waals surface area contributed by atoms with E-state index in [9.17, 15) is 19.8 Å². The standard InChI is InChI=1S/C21H20Cl2N2O5S3/c1-2-3-6-24-14-8-12(22)13(23)9-15(14)32-16(24)7-11(4-5-17(26)27)19-20(30)25(10-18(28)29)21(31)33-19/h4,7-9,30H,2-3,5-6,10H2,1H3,(H,26,27)(H,28,29). The number of halogens is 2. The number of thioether (sulfide) groups is 1. The molecule has 0 bridgehead atoms. The Bertz CT molecular complexity index is 1220. The second-order valence-electron chi connectivity index (χ2n) is 7.08. The Balaban J connectivity index is 2.11. The molecule has 176 valence electrons. The van der Waals surface area contributed by atoms with Crippen molar-refractivity contribution >= 4 is 81.7 Å². The molecule has 0 radical (unpaired) electrons. The normalized spacial score (nSPS) is 14.7. The average Bonchev–Trinajstić information content (AvgIpc) is 3.20. The van der Waals surface area contributed by atoms with Gasteiger partial charge in [-0.25, -0.2) is 0 Å². The van der Waals surface area contributed by atoms with Crippen molar-refractivity contribution in [2.75, 3.05) is 11.4 Å². The Morgan fingerprint density at radius 2 is 1.88 bits per heavy atom. The van der Waals surface area contributed by atoms with Crippen LogP contribution in [0.1, 0.15) is 31.1 Å². The van der Waals surface area contributed by atoms with Crippen LogP contribution in [0.15, 0.2) is 34.2 Å². The molecule has 0 atom stereocenters. The SMILES string of the molecule is CCCCN1C(=CC(=CCC(=O)O)c2sc(=S)n(CC(=O)O)c2O)Sc2cc(Cl)c(Cl)cc21. The smallest absolute Gasteiger partial charge is 0.323 e. The number of thiazole rings is 1. The first-order chi connectivity index (χ1) is 15.6. The summed E-state index contributed by atoms with van der Waals surface area (Å²) in [6, 6.07) is 3.59. The predicted molar refractivity (Wildman–Crippen MR) is 135 cm³/mol. The molecule has 1 aromatic carbocycles. The van der Waals surface area contributed by atoms with Crippen LogP contribution in [0.3, 0.4) is 0 Å². The molecule has 2 heterocycles. The summed E-state index contributed by atoms with van der Waals surface area (Å²) in [4.78, 5) is 25.7. The number of aromatic hydroxyl groups is 1. The van der Waals surface area contributed by atoms with Crippen LogP contribution >= 0.6 is 58.5 Å². The summed E-state index contributed by atoms with van der Waals surface area (Å²) in [5.41, 5.74) is 1.33. The molecular weight excluding hydrogens is 527 g/mol. The minimum absolute atomic E-state index is 0.174. The lowest BCUT2D eigenvalue weighted by Gasteiger charge is -2.21. The van der Waals surface area contributed by atoms with Crippen molar-refractivity contribution in [3.63, 3.8) is 0 Å². The van der Waals surface area contributed by atoms with Gasteiger partial charge < -0.3 is 20.2 Å². The van der Waals surface area contributed by atoms with E-state index in [0.717, 1.165) is 44.4 Å². The molecule has 0 spiro atoms. The highest BCUT2D eigenvalue weighted by molar-refractivity contribution is 8.03. The van der Waals surface area contributed by atoms with E-state index in [1.54, 1.807) is 18.2 Å². The number of allylic oxidation sites excluding steroid dienone is 2. The van der Waals surface area contributed by atoms with Gasteiger partial charge in [0.2, 0.25) is 5.88 Å². The number of carbonyl (C=O) groups is 2. The van der Waals surface area contributed by atoms with Crippen LogP contribution < -0.4 is 4.90 Å². The number of anilines is 1. The molecule has 1 aliphatic heterocycles. The van der Waals surface area contributed by atoms with Gasteiger partial charge in [-0.15, -0.1) is 11.3 Å². The monoisotopic (exact) mass is 546 g/mol. The fourth-order valence-electron chi connectivity index (χ4n) is 3.16. The highest BCUT2D eigenvalue weighted by Crippen LogP contribution is 2.50. The summed E-state index contributed by atoms with van der Waals surface area (Å²) in [6.07, 6.45) is 4.84. The number of carboxylic acid groups (broad SMARTS) is 2. The maximum Gasteiger partial charge on any atom is 0.323 e. The lowest BCUT2D eigenvalue weighted by molar-refractivity contribution is -0.138. The summed E-state index contributed by atoms with van der Waals surface area (Å²) in [7, 11) is 0. The minimum Gasteiger partial charge on any atom is -0.493 e. The first-order valence-corrected chi connectivity index (χ1v) is 12.6. The molecule has 0 saturated carbocycles. The van der Waals surface area contributed by atoms with Gasteiger partial charge in [-0.1, -0.05) is 54.4 Å². The zero-order valence-electron chi connectivity index (χ0n) is 17.4.